The minimum absolute atomic E-state index is 0.0588. The van der Waals surface area contributed by atoms with Crippen molar-refractivity contribution in [1.82, 2.24) is 4.57 Å². The van der Waals surface area contributed by atoms with E-state index in [1.54, 1.807) is 6.07 Å². The van der Waals surface area contributed by atoms with Crippen molar-refractivity contribution in [2.24, 2.45) is 5.92 Å². The van der Waals surface area contributed by atoms with E-state index in [9.17, 15) is 14.4 Å². The van der Waals surface area contributed by atoms with Crippen molar-refractivity contribution in [3.8, 4) is 5.69 Å². The number of hydrogen-bond acceptors (Lipinski definition) is 4. The van der Waals surface area contributed by atoms with Gasteiger partial charge in [0, 0.05) is 29.1 Å². The highest BCUT2D eigenvalue weighted by Crippen LogP contribution is 2.25. The molecular weight excluding hydrogens is 318 g/mol. The number of benzene rings is 1. The second-order valence-electron chi connectivity index (χ2n) is 6.14. The van der Waals surface area contributed by atoms with E-state index in [1.807, 2.05) is 48.7 Å². The first-order chi connectivity index (χ1) is 11.9. The molecule has 1 atom stereocenters. The summed E-state index contributed by atoms with van der Waals surface area (Å²) in [5, 5.41) is 0. The lowest BCUT2D eigenvalue weighted by atomic mass is 9.92. The minimum atomic E-state index is -0.960. The molecule has 0 aliphatic heterocycles. The van der Waals surface area contributed by atoms with Gasteiger partial charge in [0.05, 0.1) is 7.11 Å². The van der Waals surface area contributed by atoms with Crippen molar-refractivity contribution >= 4 is 17.5 Å². The quantitative estimate of drug-likeness (QED) is 0.440. The summed E-state index contributed by atoms with van der Waals surface area (Å²) in [6, 6.07) is 11.5. The summed E-state index contributed by atoms with van der Waals surface area (Å²) in [6.07, 6.45) is 0.332. The Kier molecular flexibility index (Phi) is 5.91. The van der Waals surface area contributed by atoms with E-state index < -0.39 is 11.9 Å². The SMILES string of the molecule is COC(=O)C(CCC(C)=O)C(=O)c1cc(C)n(-c2ccccc2)c1C. The smallest absolute Gasteiger partial charge is 0.316 e. The van der Waals surface area contributed by atoms with Crippen molar-refractivity contribution in [3.63, 3.8) is 0 Å². The van der Waals surface area contributed by atoms with Crippen LogP contribution in [0.4, 0.5) is 0 Å². The van der Waals surface area contributed by atoms with Crippen LogP contribution in [-0.4, -0.2) is 29.2 Å². The maximum Gasteiger partial charge on any atom is 0.316 e. The van der Waals surface area contributed by atoms with Gasteiger partial charge in [-0.2, -0.15) is 0 Å². The van der Waals surface area contributed by atoms with Crippen molar-refractivity contribution < 1.29 is 19.1 Å². The van der Waals surface area contributed by atoms with Gasteiger partial charge in [-0.25, -0.2) is 0 Å². The third-order valence-corrected chi connectivity index (χ3v) is 4.30. The molecule has 25 heavy (non-hydrogen) atoms. The summed E-state index contributed by atoms with van der Waals surface area (Å²) in [7, 11) is 1.25. The summed E-state index contributed by atoms with van der Waals surface area (Å²) in [5.74, 6) is -1.92. The first-order valence-electron chi connectivity index (χ1n) is 8.22. The second kappa shape index (κ2) is 7.92. The van der Waals surface area contributed by atoms with Gasteiger partial charge in [0.2, 0.25) is 0 Å². The lowest BCUT2D eigenvalue weighted by molar-refractivity contribution is -0.143. The van der Waals surface area contributed by atoms with Gasteiger partial charge < -0.3 is 14.1 Å². The molecule has 1 heterocycles. The van der Waals surface area contributed by atoms with Crippen LogP contribution >= 0.6 is 0 Å². The number of ketones is 2. The molecule has 0 fully saturated rings. The Labute approximate surface area is 147 Å². The summed E-state index contributed by atoms with van der Waals surface area (Å²) in [5.41, 5.74) is 3.11. The first kappa shape index (κ1) is 18.6. The van der Waals surface area contributed by atoms with Crippen LogP contribution in [0.5, 0.6) is 0 Å². The third kappa shape index (κ3) is 4.05. The monoisotopic (exact) mass is 341 g/mol. The Morgan fingerprint density at radius 3 is 2.32 bits per heavy atom. The first-order valence-corrected chi connectivity index (χ1v) is 8.22. The molecule has 0 bridgehead atoms. The zero-order valence-corrected chi connectivity index (χ0v) is 15.0. The van der Waals surface area contributed by atoms with Gasteiger partial charge in [0.25, 0.3) is 0 Å². The Morgan fingerprint density at radius 1 is 1.12 bits per heavy atom. The van der Waals surface area contributed by atoms with E-state index in [1.165, 1.54) is 14.0 Å². The van der Waals surface area contributed by atoms with Gasteiger partial charge in [0.15, 0.2) is 5.78 Å². The molecule has 0 aliphatic rings. The van der Waals surface area contributed by atoms with E-state index >= 15 is 0 Å². The maximum absolute atomic E-state index is 12.9. The molecule has 0 saturated carbocycles. The van der Waals surface area contributed by atoms with E-state index in [4.69, 9.17) is 4.74 Å². The van der Waals surface area contributed by atoms with Crippen molar-refractivity contribution in [2.75, 3.05) is 7.11 Å². The lowest BCUT2D eigenvalue weighted by Gasteiger charge is -2.14. The average molecular weight is 341 g/mol. The Hall–Kier alpha value is -2.69. The molecule has 0 aliphatic carbocycles. The summed E-state index contributed by atoms with van der Waals surface area (Å²) < 4.78 is 6.75. The van der Waals surface area contributed by atoms with Gasteiger partial charge >= 0.3 is 5.97 Å². The lowest BCUT2D eigenvalue weighted by Crippen LogP contribution is -2.26. The Morgan fingerprint density at radius 2 is 1.76 bits per heavy atom. The van der Waals surface area contributed by atoms with Gasteiger partial charge in [-0.15, -0.1) is 0 Å². The Bertz CT molecular complexity index is 790. The molecule has 132 valence electrons. The molecule has 2 aromatic rings. The molecule has 5 nitrogen and oxygen atoms in total. The van der Waals surface area contributed by atoms with E-state index in [2.05, 4.69) is 0 Å². The zero-order valence-electron chi connectivity index (χ0n) is 15.0. The molecular formula is C20H23NO4. The topological polar surface area (TPSA) is 65.4 Å². The number of para-hydroxylation sites is 1. The fourth-order valence-electron chi connectivity index (χ4n) is 3.02. The van der Waals surface area contributed by atoms with E-state index in [0.29, 0.717) is 5.56 Å². The number of carbonyl (C=O) groups excluding carboxylic acids is 3. The predicted molar refractivity (Wildman–Crippen MR) is 95.0 cm³/mol. The molecule has 0 spiro atoms. The van der Waals surface area contributed by atoms with Crippen molar-refractivity contribution in [3.05, 3.63) is 53.3 Å². The van der Waals surface area contributed by atoms with Gasteiger partial charge in [-0.3, -0.25) is 9.59 Å². The fraction of sp³-hybridized carbons (Fsp3) is 0.350. The molecule has 0 radical (unpaired) electrons. The van der Waals surface area contributed by atoms with Crippen molar-refractivity contribution in [1.29, 1.82) is 0 Å². The minimum Gasteiger partial charge on any atom is -0.468 e. The molecule has 1 unspecified atom stereocenters. The van der Waals surface area contributed by atoms with E-state index in [0.717, 1.165) is 17.1 Å². The summed E-state index contributed by atoms with van der Waals surface area (Å²) in [4.78, 5) is 36.3. The number of aromatic nitrogens is 1. The molecule has 1 aromatic heterocycles. The maximum atomic E-state index is 12.9. The highest BCUT2D eigenvalue weighted by atomic mass is 16.5. The number of hydrogen-bond donors (Lipinski definition) is 0. The number of methoxy groups -OCH3 is 1. The van der Waals surface area contributed by atoms with Crippen LogP contribution in [0.1, 0.15) is 41.5 Å². The molecule has 5 heteroatoms. The van der Waals surface area contributed by atoms with Crippen LogP contribution in [0.25, 0.3) is 5.69 Å². The van der Waals surface area contributed by atoms with Gasteiger partial charge in [0.1, 0.15) is 11.7 Å². The Balaban J connectivity index is 2.40. The molecule has 2 rings (SSSR count). The van der Waals surface area contributed by atoms with Crippen molar-refractivity contribution in [2.45, 2.75) is 33.6 Å². The number of carbonyl (C=O) groups is 3. The normalized spacial score (nSPS) is 11.8. The zero-order chi connectivity index (χ0) is 18.6. The number of esters is 1. The fourth-order valence-corrected chi connectivity index (χ4v) is 3.02. The van der Waals surface area contributed by atoms with Crippen LogP contribution in [0.2, 0.25) is 0 Å². The second-order valence-corrected chi connectivity index (χ2v) is 6.14. The highest BCUT2D eigenvalue weighted by Gasteiger charge is 2.31. The van der Waals surface area contributed by atoms with Crippen LogP contribution < -0.4 is 0 Å². The summed E-state index contributed by atoms with van der Waals surface area (Å²) >= 11 is 0. The van der Waals surface area contributed by atoms with Crippen LogP contribution in [-0.2, 0) is 14.3 Å². The highest BCUT2D eigenvalue weighted by molar-refractivity contribution is 6.09. The third-order valence-electron chi connectivity index (χ3n) is 4.30. The number of aryl methyl sites for hydroxylation is 1. The molecule has 0 N–H and O–H groups in total. The van der Waals surface area contributed by atoms with Gasteiger partial charge in [-0.1, -0.05) is 18.2 Å². The summed E-state index contributed by atoms with van der Waals surface area (Å²) in [6.45, 7) is 5.21. The largest absolute Gasteiger partial charge is 0.468 e. The van der Waals surface area contributed by atoms with Crippen LogP contribution in [0, 0.1) is 19.8 Å². The number of nitrogens with zero attached hydrogens (tertiary/aromatic N) is 1. The standard InChI is InChI=1S/C20H23NO4/c1-13-12-18(15(3)21(13)16-8-6-5-7-9-16)19(23)17(20(24)25-4)11-10-14(2)22/h5-9,12,17H,10-11H2,1-4H3. The van der Waals surface area contributed by atoms with Crippen LogP contribution in [0.3, 0.4) is 0 Å². The van der Waals surface area contributed by atoms with Crippen LogP contribution in [0.15, 0.2) is 36.4 Å². The molecule has 1 aromatic carbocycles. The predicted octanol–water partition coefficient (Wildman–Crippen LogP) is 3.44. The number of Topliss-reactive ketones (excluding diaryl/α,β-unsaturated/α-hetero) is 2. The van der Waals surface area contributed by atoms with Gasteiger partial charge in [-0.05, 0) is 45.4 Å². The number of ether oxygens (including phenoxy) is 1. The molecule has 0 saturated heterocycles. The van der Waals surface area contributed by atoms with E-state index in [-0.39, 0.29) is 24.4 Å². The number of rotatable bonds is 7. The molecule has 0 amide bonds. The average Bonchev–Trinajstić information content (AvgIpc) is 2.89.